The number of hydrogen-bond acceptors (Lipinski definition) is 1. The van der Waals surface area contributed by atoms with E-state index in [1.165, 1.54) is 13.8 Å². The Morgan fingerprint density at radius 3 is 2.47 bits per heavy atom. The van der Waals surface area contributed by atoms with Gasteiger partial charge in [-0.15, -0.1) is 0 Å². The van der Waals surface area contributed by atoms with Crippen molar-refractivity contribution in [3.63, 3.8) is 0 Å². The first kappa shape index (κ1) is 13.5. The van der Waals surface area contributed by atoms with Crippen LogP contribution in [0.3, 0.4) is 0 Å². The monoisotopic (exact) mass is 246 g/mol. The van der Waals surface area contributed by atoms with E-state index < -0.39 is 23.6 Å². The van der Waals surface area contributed by atoms with Gasteiger partial charge in [0.2, 0.25) is 0 Å². The second-order valence-electron chi connectivity index (χ2n) is 4.52. The van der Waals surface area contributed by atoms with Gasteiger partial charge in [0.1, 0.15) is 5.82 Å². The molecule has 2 nitrogen and oxygen atoms in total. The van der Waals surface area contributed by atoms with Crippen molar-refractivity contribution in [1.29, 1.82) is 0 Å². The van der Waals surface area contributed by atoms with Gasteiger partial charge in [0.15, 0.2) is 0 Å². The molecule has 0 saturated carbocycles. The van der Waals surface area contributed by atoms with Crippen LogP contribution >= 0.6 is 0 Å². The van der Waals surface area contributed by atoms with E-state index in [1.807, 2.05) is 0 Å². The summed E-state index contributed by atoms with van der Waals surface area (Å²) in [6.07, 6.45) is -2.82. The zero-order valence-corrected chi connectivity index (χ0v) is 9.51. The Morgan fingerprint density at radius 1 is 1.41 bits per heavy atom. The third-order valence-electron chi connectivity index (χ3n) is 2.53. The van der Waals surface area contributed by atoms with Crippen LogP contribution in [0.15, 0.2) is 18.2 Å². The van der Waals surface area contributed by atoms with Crippen molar-refractivity contribution < 1.29 is 23.1 Å². The SMILES string of the molecule is CC(C)(Cc1cc(C(F)F)ccc1F)C(=O)O. The molecule has 0 unspecified atom stereocenters. The van der Waals surface area contributed by atoms with E-state index >= 15 is 0 Å². The van der Waals surface area contributed by atoms with E-state index in [-0.39, 0.29) is 17.5 Å². The molecule has 0 aliphatic carbocycles. The Bertz CT molecular complexity index is 428. The van der Waals surface area contributed by atoms with Gasteiger partial charge in [-0.1, -0.05) is 6.07 Å². The van der Waals surface area contributed by atoms with Crippen molar-refractivity contribution in [2.75, 3.05) is 0 Å². The Hall–Kier alpha value is -1.52. The highest BCUT2D eigenvalue weighted by Crippen LogP contribution is 2.27. The highest BCUT2D eigenvalue weighted by molar-refractivity contribution is 5.74. The fourth-order valence-electron chi connectivity index (χ4n) is 1.42. The van der Waals surface area contributed by atoms with E-state index in [9.17, 15) is 18.0 Å². The molecule has 0 atom stereocenters. The quantitative estimate of drug-likeness (QED) is 0.883. The van der Waals surface area contributed by atoms with Crippen molar-refractivity contribution in [2.24, 2.45) is 5.41 Å². The molecular weight excluding hydrogens is 233 g/mol. The topological polar surface area (TPSA) is 37.3 Å². The zero-order chi connectivity index (χ0) is 13.2. The second kappa shape index (κ2) is 4.77. The van der Waals surface area contributed by atoms with E-state index in [0.29, 0.717) is 0 Å². The van der Waals surface area contributed by atoms with Crippen molar-refractivity contribution in [1.82, 2.24) is 0 Å². The van der Waals surface area contributed by atoms with Crippen molar-refractivity contribution in [2.45, 2.75) is 26.7 Å². The van der Waals surface area contributed by atoms with E-state index in [0.717, 1.165) is 18.2 Å². The third kappa shape index (κ3) is 3.22. The third-order valence-corrected chi connectivity index (χ3v) is 2.53. The smallest absolute Gasteiger partial charge is 0.309 e. The zero-order valence-electron chi connectivity index (χ0n) is 9.51. The first-order valence-electron chi connectivity index (χ1n) is 5.04. The Labute approximate surface area is 97.1 Å². The number of halogens is 3. The summed E-state index contributed by atoms with van der Waals surface area (Å²) in [6.45, 7) is 2.84. The highest BCUT2D eigenvalue weighted by Gasteiger charge is 2.28. The van der Waals surface area contributed by atoms with E-state index in [1.54, 1.807) is 0 Å². The summed E-state index contributed by atoms with van der Waals surface area (Å²) >= 11 is 0. The van der Waals surface area contributed by atoms with E-state index in [2.05, 4.69) is 0 Å². The molecule has 0 aliphatic rings. The number of hydrogen-bond donors (Lipinski definition) is 1. The summed E-state index contributed by atoms with van der Waals surface area (Å²) in [5, 5.41) is 8.90. The molecule has 0 aliphatic heterocycles. The largest absolute Gasteiger partial charge is 0.481 e. The maximum atomic E-state index is 13.4. The maximum Gasteiger partial charge on any atom is 0.309 e. The first-order valence-corrected chi connectivity index (χ1v) is 5.04. The number of rotatable bonds is 4. The lowest BCUT2D eigenvalue weighted by atomic mass is 9.85. The predicted octanol–water partition coefficient (Wildman–Crippen LogP) is 3.42. The molecule has 1 N–H and O–H groups in total. The van der Waals surface area contributed by atoms with Crippen molar-refractivity contribution in [3.05, 3.63) is 35.1 Å². The average molecular weight is 246 g/mol. The molecule has 1 aromatic rings. The number of carboxylic acids is 1. The van der Waals surface area contributed by atoms with Gasteiger partial charge in [-0.3, -0.25) is 4.79 Å². The van der Waals surface area contributed by atoms with Crippen LogP contribution in [-0.4, -0.2) is 11.1 Å². The van der Waals surface area contributed by atoms with Crippen molar-refractivity contribution in [3.8, 4) is 0 Å². The van der Waals surface area contributed by atoms with Gasteiger partial charge in [-0.05, 0) is 38.0 Å². The molecule has 1 rings (SSSR count). The summed E-state index contributed by atoms with van der Waals surface area (Å²) in [5.74, 6) is -1.76. The molecule has 0 spiro atoms. The maximum absolute atomic E-state index is 13.4. The Kier molecular flexibility index (Phi) is 3.80. The molecule has 17 heavy (non-hydrogen) atoms. The normalized spacial score (nSPS) is 11.9. The summed E-state index contributed by atoms with van der Waals surface area (Å²) < 4.78 is 38.3. The molecule has 0 radical (unpaired) electrons. The summed E-state index contributed by atoms with van der Waals surface area (Å²) in [7, 11) is 0. The standard InChI is InChI=1S/C12H13F3O2/c1-12(2,11(16)17)6-8-5-7(10(14)15)3-4-9(8)13/h3-5,10H,6H2,1-2H3,(H,16,17). The lowest BCUT2D eigenvalue weighted by Crippen LogP contribution is -2.26. The van der Waals surface area contributed by atoms with Crippen LogP contribution in [0.5, 0.6) is 0 Å². The molecule has 94 valence electrons. The van der Waals surface area contributed by atoms with Gasteiger partial charge in [0.25, 0.3) is 6.43 Å². The van der Waals surface area contributed by atoms with Crippen LogP contribution in [0, 0.1) is 11.2 Å². The molecule has 0 heterocycles. The number of alkyl halides is 2. The van der Waals surface area contributed by atoms with Gasteiger partial charge >= 0.3 is 5.97 Å². The van der Waals surface area contributed by atoms with Crippen LogP contribution in [-0.2, 0) is 11.2 Å². The van der Waals surface area contributed by atoms with Crippen LogP contribution in [0.2, 0.25) is 0 Å². The molecular formula is C12H13F3O2. The number of carbonyl (C=O) groups is 1. The molecule has 0 amide bonds. The number of carboxylic acid groups (broad SMARTS) is 1. The minimum Gasteiger partial charge on any atom is -0.481 e. The van der Waals surface area contributed by atoms with Gasteiger partial charge in [0.05, 0.1) is 5.41 Å². The van der Waals surface area contributed by atoms with Gasteiger partial charge in [-0.25, -0.2) is 13.2 Å². The Balaban J connectivity index is 3.05. The number of aliphatic carboxylic acids is 1. The molecule has 0 saturated heterocycles. The highest BCUT2D eigenvalue weighted by atomic mass is 19.3. The lowest BCUT2D eigenvalue weighted by molar-refractivity contribution is -0.146. The van der Waals surface area contributed by atoms with Gasteiger partial charge in [0, 0.05) is 5.56 Å². The first-order chi connectivity index (χ1) is 7.74. The molecule has 5 heteroatoms. The fraction of sp³-hybridized carbons (Fsp3) is 0.417. The van der Waals surface area contributed by atoms with Crippen LogP contribution < -0.4 is 0 Å². The summed E-state index contributed by atoms with van der Waals surface area (Å²) in [4.78, 5) is 10.9. The molecule has 0 aromatic heterocycles. The molecule has 0 fully saturated rings. The van der Waals surface area contributed by atoms with Crippen molar-refractivity contribution >= 4 is 5.97 Å². The molecule has 0 bridgehead atoms. The molecule has 1 aromatic carbocycles. The van der Waals surface area contributed by atoms with Crippen LogP contribution in [0.1, 0.15) is 31.4 Å². The van der Waals surface area contributed by atoms with Gasteiger partial charge in [-0.2, -0.15) is 0 Å². The van der Waals surface area contributed by atoms with Crippen LogP contribution in [0.25, 0.3) is 0 Å². The minimum absolute atomic E-state index is 0.00444. The lowest BCUT2D eigenvalue weighted by Gasteiger charge is -2.19. The van der Waals surface area contributed by atoms with Crippen LogP contribution in [0.4, 0.5) is 13.2 Å². The predicted molar refractivity (Wildman–Crippen MR) is 56.5 cm³/mol. The average Bonchev–Trinajstić information content (AvgIpc) is 2.20. The van der Waals surface area contributed by atoms with Gasteiger partial charge < -0.3 is 5.11 Å². The summed E-state index contributed by atoms with van der Waals surface area (Å²) in [5.41, 5.74) is -1.50. The Morgan fingerprint density at radius 2 is 2.00 bits per heavy atom. The summed E-state index contributed by atoms with van der Waals surface area (Å²) in [6, 6.07) is 2.96. The fourth-order valence-corrected chi connectivity index (χ4v) is 1.42. The minimum atomic E-state index is -2.69. The van der Waals surface area contributed by atoms with E-state index in [4.69, 9.17) is 5.11 Å². The second-order valence-corrected chi connectivity index (χ2v) is 4.52. The number of benzene rings is 1.